The van der Waals surface area contributed by atoms with Gasteiger partial charge in [0.15, 0.2) is 0 Å². The van der Waals surface area contributed by atoms with Crippen LogP contribution < -0.4 is 5.32 Å². The maximum absolute atomic E-state index is 5.77. The summed E-state index contributed by atoms with van der Waals surface area (Å²) in [6.45, 7) is 4.14. The molecule has 0 aliphatic carbocycles. The van der Waals surface area contributed by atoms with E-state index >= 15 is 0 Å². The fraction of sp³-hybridized carbons (Fsp3) is 0.429. The van der Waals surface area contributed by atoms with Crippen molar-refractivity contribution in [1.82, 2.24) is 19.9 Å². The molecule has 2 aromatic heterocycles. The van der Waals surface area contributed by atoms with Gasteiger partial charge in [-0.15, -0.1) is 0 Å². The number of nitrogens with one attached hydrogen (secondary N) is 1. The molecule has 3 rings (SSSR count). The highest BCUT2D eigenvalue weighted by atomic mass is 16.5. The number of rotatable bonds is 4. The first-order valence-electron chi connectivity index (χ1n) is 6.59. The van der Waals surface area contributed by atoms with Crippen LogP contribution in [0.4, 0.5) is 0 Å². The highest BCUT2D eigenvalue weighted by Crippen LogP contribution is 2.10. The van der Waals surface area contributed by atoms with Crippen molar-refractivity contribution in [3.8, 4) is 0 Å². The van der Waals surface area contributed by atoms with Crippen LogP contribution in [0.2, 0.25) is 0 Å². The summed E-state index contributed by atoms with van der Waals surface area (Å²) in [4.78, 5) is 8.43. The third-order valence-electron chi connectivity index (χ3n) is 3.32. The van der Waals surface area contributed by atoms with Crippen molar-refractivity contribution in [3.05, 3.63) is 48.3 Å². The van der Waals surface area contributed by atoms with E-state index in [1.165, 1.54) is 5.69 Å². The summed E-state index contributed by atoms with van der Waals surface area (Å²) in [5.41, 5.74) is 2.22. The molecule has 0 amide bonds. The standard InChI is InChI=1S/C14H18N4O/c1-2-4-17-13(3-1)10-19-9-12-5-15-6-14-7-16-11-18(14)8-12/h1-4,7,11-12,15H,5-6,8-10H2. The smallest absolute Gasteiger partial charge is 0.0948 e. The molecule has 0 saturated carbocycles. The zero-order valence-electron chi connectivity index (χ0n) is 10.8. The molecule has 5 heteroatoms. The Balaban J connectivity index is 1.51. The SMILES string of the molecule is c1ccc(COCC2CNCc3cncn3C2)nc1. The highest BCUT2D eigenvalue weighted by Gasteiger charge is 2.16. The van der Waals surface area contributed by atoms with Crippen molar-refractivity contribution < 1.29 is 4.74 Å². The number of hydrogen-bond donors (Lipinski definition) is 1. The molecule has 1 aliphatic heterocycles. The zero-order valence-corrected chi connectivity index (χ0v) is 10.8. The molecule has 100 valence electrons. The van der Waals surface area contributed by atoms with E-state index < -0.39 is 0 Å². The van der Waals surface area contributed by atoms with Crippen LogP contribution in [0.25, 0.3) is 0 Å². The van der Waals surface area contributed by atoms with Gasteiger partial charge in [-0.2, -0.15) is 0 Å². The highest BCUT2D eigenvalue weighted by molar-refractivity contribution is 5.02. The average molecular weight is 258 g/mol. The Kier molecular flexibility index (Phi) is 3.86. The van der Waals surface area contributed by atoms with Crippen molar-refractivity contribution in [2.75, 3.05) is 13.2 Å². The quantitative estimate of drug-likeness (QED) is 0.895. The first-order valence-corrected chi connectivity index (χ1v) is 6.59. The zero-order chi connectivity index (χ0) is 12.9. The van der Waals surface area contributed by atoms with E-state index in [-0.39, 0.29) is 0 Å². The number of pyridine rings is 1. The topological polar surface area (TPSA) is 52.0 Å². The predicted molar refractivity (Wildman–Crippen MR) is 71.3 cm³/mol. The second-order valence-electron chi connectivity index (χ2n) is 4.87. The summed E-state index contributed by atoms with van der Waals surface area (Å²) in [5, 5.41) is 3.43. The maximum Gasteiger partial charge on any atom is 0.0948 e. The molecule has 1 aliphatic rings. The van der Waals surface area contributed by atoms with E-state index in [0.717, 1.165) is 31.9 Å². The van der Waals surface area contributed by atoms with Gasteiger partial charge in [0.2, 0.25) is 0 Å². The van der Waals surface area contributed by atoms with Crippen LogP contribution in [0.15, 0.2) is 36.9 Å². The maximum atomic E-state index is 5.77. The van der Waals surface area contributed by atoms with Gasteiger partial charge in [0, 0.05) is 37.9 Å². The van der Waals surface area contributed by atoms with Gasteiger partial charge in [0.05, 0.1) is 30.9 Å². The molecular formula is C14H18N4O. The number of aromatic nitrogens is 3. The molecular weight excluding hydrogens is 240 g/mol. The Morgan fingerprint density at radius 3 is 3.32 bits per heavy atom. The van der Waals surface area contributed by atoms with Gasteiger partial charge < -0.3 is 14.6 Å². The van der Waals surface area contributed by atoms with Gasteiger partial charge in [-0.1, -0.05) is 6.07 Å². The minimum absolute atomic E-state index is 0.471. The van der Waals surface area contributed by atoms with Crippen LogP contribution in [0, 0.1) is 5.92 Å². The Bertz CT molecular complexity index is 511. The molecule has 0 aromatic carbocycles. The van der Waals surface area contributed by atoms with Crippen LogP contribution >= 0.6 is 0 Å². The molecule has 1 atom stereocenters. The van der Waals surface area contributed by atoms with E-state index in [1.807, 2.05) is 30.7 Å². The number of hydrogen-bond acceptors (Lipinski definition) is 4. The first-order chi connectivity index (χ1) is 9.42. The minimum atomic E-state index is 0.471. The first kappa shape index (κ1) is 12.3. The van der Waals surface area contributed by atoms with Crippen molar-refractivity contribution in [3.63, 3.8) is 0 Å². The van der Waals surface area contributed by atoms with Crippen LogP contribution in [0.5, 0.6) is 0 Å². The lowest BCUT2D eigenvalue weighted by atomic mass is 10.1. The summed E-state index contributed by atoms with van der Waals surface area (Å²) in [7, 11) is 0. The van der Waals surface area contributed by atoms with E-state index in [2.05, 4.69) is 19.9 Å². The second kappa shape index (κ2) is 5.95. The monoisotopic (exact) mass is 258 g/mol. The lowest BCUT2D eigenvalue weighted by molar-refractivity contribution is 0.0803. The Hall–Kier alpha value is -1.72. The van der Waals surface area contributed by atoms with Crippen molar-refractivity contribution in [2.24, 2.45) is 5.92 Å². The Labute approximate surface area is 112 Å². The van der Waals surface area contributed by atoms with E-state index in [1.54, 1.807) is 6.20 Å². The minimum Gasteiger partial charge on any atom is -0.375 e. The van der Waals surface area contributed by atoms with Gasteiger partial charge in [-0.25, -0.2) is 4.98 Å². The van der Waals surface area contributed by atoms with Gasteiger partial charge in [-0.05, 0) is 12.1 Å². The molecule has 0 saturated heterocycles. The van der Waals surface area contributed by atoms with Crippen LogP contribution in [0.3, 0.4) is 0 Å². The Morgan fingerprint density at radius 1 is 1.42 bits per heavy atom. The fourth-order valence-corrected chi connectivity index (χ4v) is 2.33. The largest absolute Gasteiger partial charge is 0.375 e. The molecule has 0 bridgehead atoms. The molecule has 0 spiro atoms. The van der Waals surface area contributed by atoms with Crippen molar-refractivity contribution >= 4 is 0 Å². The molecule has 5 nitrogen and oxygen atoms in total. The summed E-state index contributed by atoms with van der Waals surface area (Å²) in [6, 6.07) is 5.88. The summed E-state index contributed by atoms with van der Waals surface area (Å²) < 4.78 is 7.97. The van der Waals surface area contributed by atoms with Gasteiger partial charge in [0.1, 0.15) is 0 Å². The normalized spacial score (nSPS) is 18.8. The molecule has 3 heterocycles. The summed E-state index contributed by atoms with van der Waals surface area (Å²) >= 11 is 0. The second-order valence-corrected chi connectivity index (χ2v) is 4.87. The predicted octanol–water partition coefficient (Wildman–Crippen LogP) is 1.21. The van der Waals surface area contributed by atoms with Crippen LogP contribution in [0.1, 0.15) is 11.4 Å². The number of imidazole rings is 1. The van der Waals surface area contributed by atoms with Crippen LogP contribution in [-0.4, -0.2) is 27.7 Å². The average Bonchev–Trinajstić information content (AvgIpc) is 2.79. The molecule has 1 unspecified atom stereocenters. The van der Waals surface area contributed by atoms with E-state index in [0.29, 0.717) is 12.5 Å². The third kappa shape index (κ3) is 3.19. The Morgan fingerprint density at radius 2 is 2.42 bits per heavy atom. The summed E-state index contributed by atoms with van der Waals surface area (Å²) in [5.74, 6) is 0.471. The van der Waals surface area contributed by atoms with Gasteiger partial charge in [-0.3, -0.25) is 4.98 Å². The summed E-state index contributed by atoms with van der Waals surface area (Å²) in [6.07, 6.45) is 5.61. The molecule has 2 aromatic rings. The van der Waals surface area contributed by atoms with Crippen molar-refractivity contribution in [2.45, 2.75) is 19.7 Å². The molecule has 0 radical (unpaired) electrons. The van der Waals surface area contributed by atoms with E-state index in [9.17, 15) is 0 Å². The van der Waals surface area contributed by atoms with Crippen LogP contribution in [-0.2, 0) is 24.4 Å². The fourth-order valence-electron chi connectivity index (χ4n) is 2.33. The molecule has 0 fully saturated rings. The van der Waals surface area contributed by atoms with E-state index in [4.69, 9.17) is 4.74 Å². The van der Waals surface area contributed by atoms with Gasteiger partial charge >= 0.3 is 0 Å². The van der Waals surface area contributed by atoms with Gasteiger partial charge in [0.25, 0.3) is 0 Å². The number of nitrogens with zero attached hydrogens (tertiary/aromatic N) is 3. The lowest BCUT2D eigenvalue weighted by Gasteiger charge is -2.15. The number of ether oxygens (including phenoxy) is 1. The molecule has 19 heavy (non-hydrogen) atoms. The lowest BCUT2D eigenvalue weighted by Crippen LogP contribution is -2.25. The van der Waals surface area contributed by atoms with Crippen molar-refractivity contribution in [1.29, 1.82) is 0 Å². The number of fused-ring (bicyclic) bond motifs is 1. The third-order valence-corrected chi connectivity index (χ3v) is 3.32. The molecule has 1 N–H and O–H groups in total.